The predicted molar refractivity (Wildman–Crippen MR) is 63.1 cm³/mol. The van der Waals surface area contributed by atoms with E-state index >= 15 is 0 Å². The van der Waals surface area contributed by atoms with Crippen LogP contribution in [0.25, 0.3) is 0 Å². The second-order valence-corrected chi connectivity index (χ2v) is 5.04. The Balaban J connectivity index is 0.000000500. The Bertz CT molecular complexity index is 273. The summed E-state index contributed by atoms with van der Waals surface area (Å²) < 4.78 is 0. The standard InChI is InChI=1S/C8H10N2S.2ClH.Fe/c1-9-5-7-3-4-8(11-7)6-10-2;;;/h3-6H,1-2H3;2*1H;/q;;;+2/p-2. The van der Waals surface area contributed by atoms with E-state index in [2.05, 4.69) is 9.98 Å². The van der Waals surface area contributed by atoms with Crippen LogP contribution in [-0.4, -0.2) is 26.5 Å². The van der Waals surface area contributed by atoms with Crippen LogP contribution in [0.15, 0.2) is 22.1 Å². The minimum absolute atomic E-state index is 0.194. The van der Waals surface area contributed by atoms with E-state index in [9.17, 15) is 0 Å². The molecule has 14 heavy (non-hydrogen) atoms. The topological polar surface area (TPSA) is 24.7 Å². The Morgan fingerprint density at radius 3 is 1.79 bits per heavy atom. The van der Waals surface area contributed by atoms with Crippen molar-refractivity contribution in [2.24, 2.45) is 9.98 Å². The van der Waals surface area contributed by atoms with Crippen molar-refractivity contribution in [3.63, 3.8) is 0 Å². The molecule has 0 fully saturated rings. The number of rotatable bonds is 2. The Morgan fingerprint density at radius 2 is 1.50 bits per heavy atom. The third kappa shape index (κ3) is 6.57. The van der Waals surface area contributed by atoms with Gasteiger partial charge in [-0.2, -0.15) is 0 Å². The van der Waals surface area contributed by atoms with Gasteiger partial charge in [-0.3, -0.25) is 9.98 Å². The van der Waals surface area contributed by atoms with Gasteiger partial charge in [-0.25, -0.2) is 0 Å². The molecule has 6 heteroatoms. The summed E-state index contributed by atoms with van der Waals surface area (Å²) in [6, 6.07) is 4.07. The van der Waals surface area contributed by atoms with Crippen LogP contribution in [-0.2, 0) is 13.1 Å². The van der Waals surface area contributed by atoms with Gasteiger partial charge in [0, 0.05) is 36.3 Å². The molecule has 1 heterocycles. The monoisotopic (exact) mass is 292 g/mol. The van der Waals surface area contributed by atoms with E-state index in [1.54, 1.807) is 25.4 Å². The van der Waals surface area contributed by atoms with Gasteiger partial charge in [0.2, 0.25) is 0 Å². The third-order valence-corrected chi connectivity index (χ3v) is 2.11. The third-order valence-electron chi connectivity index (χ3n) is 1.16. The van der Waals surface area contributed by atoms with Crippen molar-refractivity contribution in [1.82, 2.24) is 0 Å². The molecule has 1 rings (SSSR count). The van der Waals surface area contributed by atoms with Crippen LogP contribution in [0.3, 0.4) is 0 Å². The number of nitrogens with zero attached hydrogens (tertiary/aromatic N) is 2. The summed E-state index contributed by atoms with van der Waals surface area (Å²) in [7, 11) is 13.1. The van der Waals surface area contributed by atoms with Gasteiger partial charge in [0.1, 0.15) is 0 Å². The first kappa shape index (κ1) is 14.1. The molecule has 2 nitrogen and oxygen atoms in total. The second kappa shape index (κ2) is 9.69. The average molecular weight is 293 g/mol. The molecule has 0 radical (unpaired) electrons. The van der Waals surface area contributed by atoms with E-state index in [1.165, 1.54) is 9.75 Å². The molecule has 1 aromatic rings. The van der Waals surface area contributed by atoms with E-state index in [-0.39, 0.29) is 13.1 Å². The Hall–Kier alpha value is 0.139. The molecule has 0 aromatic carbocycles. The summed E-state index contributed by atoms with van der Waals surface area (Å²) >= 11 is 1.88. The Morgan fingerprint density at radius 1 is 1.14 bits per heavy atom. The zero-order chi connectivity index (χ0) is 10.8. The van der Waals surface area contributed by atoms with Gasteiger partial charge < -0.3 is 0 Å². The van der Waals surface area contributed by atoms with Gasteiger partial charge >= 0.3 is 33.3 Å². The first-order valence-electron chi connectivity index (χ1n) is 3.57. The normalized spacial score (nSPS) is 10.9. The van der Waals surface area contributed by atoms with Gasteiger partial charge in [0.15, 0.2) is 0 Å². The summed E-state index contributed by atoms with van der Waals surface area (Å²) in [6.07, 6.45) is 3.69. The van der Waals surface area contributed by atoms with Crippen molar-refractivity contribution in [2.45, 2.75) is 0 Å². The van der Waals surface area contributed by atoms with Gasteiger partial charge in [0.05, 0.1) is 0 Å². The molecular formula is C8H10Cl2FeN2S. The van der Waals surface area contributed by atoms with E-state index in [1.807, 2.05) is 24.6 Å². The first-order chi connectivity index (χ1) is 6.78. The average Bonchev–Trinajstić information content (AvgIpc) is 2.55. The molecule has 0 saturated carbocycles. The SMILES string of the molecule is CN=Cc1ccc(C=NC)s1.[Cl][Fe][Cl]. The van der Waals surface area contributed by atoms with Crippen molar-refractivity contribution in [1.29, 1.82) is 0 Å². The van der Waals surface area contributed by atoms with Crippen LogP contribution in [0.1, 0.15) is 9.75 Å². The van der Waals surface area contributed by atoms with Crippen molar-refractivity contribution in [3.8, 4) is 0 Å². The molecule has 0 N–H and O–H groups in total. The van der Waals surface area contributed by atoms with E-state index in [4.69, 9.17) is 20.2 Å². The summed E-state index contributed by atoms with van der Waals surface area (Å²) in [5.41, 5.74) is 0. The summed E-state index contributed by atoms with van der Waals surface area (Å²) in [6.45, 7) is 0. The van der Waals surface area contributed by atoms with E-state index in [0.717, 1.165) is 0 Å². The molecule has 0 spiro atoms. The number of halogens is 2. The Labute approximate surface area is 103 Å². The number of hydrogen-bond acceptors (Lipinski definition) is 3. The van der Waals surface area contributed by atoms with Gasteiger partial charge in [-0.1, -0.05) is 0 Å². The fourth-order valence-corrected chi connectivity index (χ4v) is 1.62. The molecular weight excluding hydrogens is 283 g/mol. The van der Waals surface area contributed by atoms with Crippen molar-refractivity contribution < 1.29 is 13.1 Å². The van der Waals surface area contributed by atoms with E-state index < -0.39 is 0 Å². The Kier molecular flexibility index (Phi) is 9.78. The number of hydrogen-bond donors (Lipinski definition) is 0. The molecule has 0 aliphatic heterocycles. The van der Waals surface area contributed by atoms with Crippen LogP contribution in [0.5, 0.6) is 0 Å². The van der Waals surface area contributed by atoms with Gasteiger partial charge in [-0.05, 0) is 12.1 Å². The number of thiophene rings is 1. The van der Waals surface area contributed by atoms with Crippen LogP contribution >= 0.6 is 31.5 Å². The minimum atomic E-state index is 0.194. The molecule has 0 aliphatic rings. The zero-order valence-corrected chi connectivity index (χ0v) is 11.2. The molecule has 0 saturated heterocycles. The number of aliphatic imine (C=N–C) groups is 2. The first-order valence-corrected chi connectivity index (χ1v) is 7.43. The second-order valence-electron chi connectivity index (χ2n) is 2.07. The van der Waals surface area contributed by atoms with Crippen LogP contribution in [0.2, 0.25) is 0 Å². The molecule has 0 bridgehead atoms. The molecule has 0 amide bonds. The molecule has 1 aromatic heterocycles. The fraction of sp³-hybridized carbons (Fsp3) is 0.250. The maximum absolute atomic E-state index is 4.76. The van der Waals surface area contributed by atoms with Crippen molar-refractivity contribution >= 4 is 44.0 Å². The summed E-state index contributed by atoms with van der Waals surface area (Å²) in [4.78, 5) is 10.2. The van der Waals surface area contributed by atoms with Crippen LogP contribution < -0.4 is 0 Å². The van der Waals surface area contributed by atoms with E-state index in [0.29, 0.717) is 0 Å². The summed E-state index contributed by atoms with van der Waals surface area (Å²) in [5, 5.41) is 0. The molecule has 0 atom stereocenters. The van der Waals surface area contributed by atoms with Crippen LogP contribution in [0.4, 0.5) is 0 Å². The van der Waals surface area contributed by atoms with Crippen molar-refractivity contribution in [2.75, 3.05) is 14.1 Å². The van der Waals surface area contributed by atoms with Crippen LogP contribution in [0, 0.1) is 0 Å². The molecule has 0 unspecified atom stereocenters. The molecule has 0 aliphatic carbocycles. The quantitative estimate of drug-likeness (QED) is 0.591. The van der Waals surface area contributed by atoms with Crippen molar-refractivity contribution in [3.05, 3.63) is 21.9 Å². The molecule has 80 valence electrons. The summed E-state index contributed by atoms with van der Waals surface area (Å²) in [5.74, 6) is 0. The zero-order valence-electron chi connectivity index (χ0n) is 7.72. The van der Waals surface area contributed by atoms with Gasteiger partial charge in [-0.15, -0.1) is 11.3 Å². The van der Waals surface area contributed by atoms with Gasteiger partial charge in [0.25, 0.3) is 0 Å². The maximum atomic E-state index is 4.76. The fourth-order valence-electron chi connectivity index (χ4n) is 0.762. The predicted octanol–water partition coefficient (Wildman–Crippen LogP) is 3.22.